The summed E-state index contributed by atoms with van der Waals surface area (Å²) in [5.74, 6) is -0.168. The Kier molecular flexibility index (Phi) is 3.46. The fourth-order valence-electron chi connectivity index (χ4n) is 2.53. The number of carbonyl (C=O) groups excluding carboxylic acids is 1. The van der Waals surface area contributed by atoms with Crippen molar-refractivity contribution in [3.8, 4) is 0 Å². The molecule has 19 heavy (non-hydrogen) atoms. The standard InChI is InChI=1S/C12H19N5O2/c1-8-9(7-14-17(8)2)10(18)15-12(11(13)16-19)5-3-4-6-12/h7,19H,3-6H2,1-2H3,(H2,13,16)(H,15,18). The second kappa shape index (κ2) is 4.91. The molecule has 0 aromatic carbocycles. The van der Waals surface area contributed by atoms with Crippen molar-refractivity contribution in [3.05, 3.63) is 17.5 Å². The zero-order valence-electron chi connectivity index (χ0n) is 11.2. The highest BCUT2D eigenvalue weighted by molar-refractivity contribution is 6.00. The van der Waals surface area contributed by atoms with Gasteiger partial charge in [-0.05, 0) is 19.8 Å². The molecule has 0 aliphatic heterocycles. The molecule has 1 saturated carbocycles. The van der Waals surface area contributed by atoms with Crippen LogP contribution in [-0.4, -0.2) is 32.3 Å². The summed E-state index contributed by atoms with van der Waals surface area (Å²) in [4.78, 5) is 12.3. The van der Waals surface area contributed by atoms with Gasteiger partial charge in [0.1, 0.15) is 5.54 Å². The lowest BCUT2D eigenvalue weighted by Gasteiger charge is -2.28. The van der Waals surface area contributed by atoms with E-state index in [0.717, 1.165) is 18.5 Å². The van der Waals surface area contributed by atoms with Crippen LogP contribution in [0, 0.1) is 6.92 Å². The van der Waals surface area contributed by atoms with E-state index < -0.39 is 5.54 Å². The number of aromatic nitrogens is 2. The SMILES string of the molecule is Cc1c(C(=O)NC2(/C(N)=N/O)CCCC2)cnn1C. The number of hydrogen-bond acceptors (Lipinski definition) is 4. The zero-order valence-corrected chi connectivity index (χ0v) is 11.2. The number of oxime groups is 1. The minimum absolute atomic E-state index is 0.0693. The van der Waals surface area contributed by atoms with Crippen LogP contribution in [0.5, 0.6) is 0 Å². The predicted octanol–water partition coefficient (Wildman–Crippen LogP) is 0.518. The van der Waals surface area contributed by atoms with Gasteiger partial charge in [-0.15, -0.1) is 0 Å². The molecular weight excluding hydrogens is 246 g/mol. The maximum absolute atomic E-state index is 12.3. The molecule has 2 rings (SSSR count). The van der Waals surface area contributed by atoms with E-state index in [1.165, 1.54) is 6.20 Å². The molecule has 1 fully saturated rings. The van der Waals surface area contributed by atoms with Crippen LogP contribution >= 0.6 is 0 Å². The fourth-order valence-corrected chi connectivity index (χ4v) is 2.53. The van der Waals surface area contributed by atoms with Crippen LogP contribution in [0.15, 0.2) is 11.4 Å². The van der Waals surface area contributed by atoms with Gasteiger partial charge >= 0.3 is 0 Å². The molecule has 1 aliphatic rings. The first-order valence-corrected chi connectivity index (χ1v) is 6.29. The Hall–Kier alpha value is -2.05. The topological polar surface area (TPSA) is 106 Å². The Morgan fingerprint density at radius 2 is 2.21 bits per heavy atom. The maximum Gasteiger partial charge on any atom is 0.255 e. The van der Waals surface area contributed by atoms with Crippen LogP contribution in [0.1, 0.15) is 41.7 Å². The molecule has 1 aromatic heterocycles. The van der Waals surface area contributed by atoms with Gasteiger partial charge < -0.3 is 16.3 Å². The Morgan fingerprint density at radius 1 is 1.58 bits per heavy atom. The lowest BCUT2D eigenvalue weighted by molar-refractivity contribution is 0.0922. The van der Waals surface area contributed by atoms with E-state index in [1.54, 1.807) is 11.7 Å². The highest BCUT2D eigenvalue weighted by Gasteiger charge is 2.40. The first-order valence-electron chi connectivity index (χ1n) is 6.29. The number of aryl methyl sites for hydroxylation is 1. The summed E-state index contributed by atoms with van der Waals surface area (Å²) in [6.07, 6.45) is 4.80. The first-order chi connectivity index (χ1) is 9.00. The lowest BCUT2D eigenvalue weighted by Crippen LogP contribution is -2.55. The molecule has 7 heteroatoms. The van der Waals surface area contributed by atoms with E-state index in [-0.39, 0.29) is 11.7 Å². The molecule has 0 bridgehead atoms. The number of nitrogens with one attached hydrogen (secondary N) is 1. The number of amidine groups is 1. The van der Waals surface area contributed by atoms with Crippen molar-refractivity contribution >= 4 is 11.7 Å². The second-order valence-corrected chi connectivity index (χ2v) is 5.00. The number of nitrogens with zero attached hydrogens (tertiary/aromatic N) is 3. The summed E-state index contributed by atoms with van der Waals surface area (Å²) < 4.78 is 1.64. The summed E-state index contributed by atoms with van der Waals surface area (Å²) in [6.45, 7) is 1.83. The molecule has 0 atom stereocenters. The summed E-state index contributed by atoms with van der Waals surface area (Å²) in [5.41, 5.74) is 6.32. The normalized spacial score (nSPS) is 18.5. The summed E-state index contributed by atoms with van der Waals surface area (Å²) in [7, 11) is 1.78. The number of carbonyl (C=O) groups is 1. The summed E-state index contributed by atoms with van der Waals surface area (Å²) in [5, 5.41) is 18.9. The number of nitrogens with two attached hydrogens (primary N) is 1. The first kappa shape index (κ1) is 13.4. The second-order valence-electron chi connectivity index (χ2n) is 5.00. The van der Waals surface area contributed by atoms with Crippen molar-refractivity contribution in [2.45, 2.75) is 38.1 Å². The predicted molar refractivity (Wildman–Crippen MR) is 70.0 cm³/mol. The van der Waals surface area contributed by atoms with Crippen LogP contribution in [0.4, 0.5) is 0 Å². The molecule has 1 heterocycles. The molecule has 1 aliphatic carbocycles. The number of amides is 1. The van der Waals surface area contributed by atoms with Gasteiger partial charge in [-0.2, -0.15) is 5.10 Å². The average molecular weight is 265 g/mol. The third kappa shape index (κ3) is 2.27. The van der Waals surface area contributed by atoms with E-state index in [4.69, 9.17) is 10.9 Å². The Labute approximate surface area is 111 Å². The quantitative estimate of drug-likeness (QED) is 0.320. The van der Waals surface area contributed by atoms with E-state index in [9.17, 15) is 4.79 Å². The van der Waals surface area contributed by atoms with Crippen LogP contribution in [0.2, 0.25) is 0 Å². The van der Waals surface area contributed by atoms with E-state index >= 15 is 0 Å². The van der Waals surface area contributed by atoms with Gasteiger partial charge in [0.25, 0.3) is 5.91 Å². The van der Waals surface area contributed by atoms with Crippen LogP contribution < -0.4 is 11.1 Å². The molecular formula is C12H19N5O2. The van der Waals surface area contributed by atoms with Crippen LogP contribution in [0.25, 0.3) is 0 Å². The minimum atomic E-state index is -0.728. The smallest absolute Gasteiger partial charge is 0.255 e. The van der Waals surface area contributed by atoms with Gasteiger partial charge in [-0.25, -0.2) is 0 Å². The summed E-state index contributed by atoms with van der Waals surface area (Å²) in [6, 6.07) is 0. The molecule has 7 nitrogen and oxygen atoms in total. The third-order valence-electron chi connectivity index (χ3n) is 3.89. The van der Waals surface area contributed by atoms with E-state index in [2.05, 4.69) is 15.6 Å². The van der Waals surface area contributed by atoms with Gasteiger partial charge in [0.05, 0.1) is 11.8 Å². The van der Waals surface area contributed by atoms with Crippen molar-refractivity contribution in [2.24, 2.45) is 17.9 Å². The summed E-state index contributed by atoms with van der Waals surface area (Å²) >= 11 is 0. The van der Waals surface area contributed by atoms with Crippen molar-refractivity contribution in [3.63, 3.8) is 0 Å². The van der Waals surface area contributed by atoms with Crippen LogP contribution in [-0.2, 0) is 7.05 Å². The van der Waals surface area contributed by atoms with Crippen molar-refractivity contribution < 1.29 is 10.0 Å². The van der Waals surface area contributed by atoms with Gasteiger partial charge in [0.15, 0.2) is 5.84 Å². The lowest BCUT2D eigenvalue weighted by atomic mass is 9.95. The Balaban J connectivity index is 2.23. The van der Waals surface area contributed by atoms with Gasteiger partial charge in [-0.1, -0.05) is 18.0 Å². The highest BCUT2D eigenvalue weighted by atomic mass is 16.4. The Morgan fingerprint density at radius 3 is 2.68 bits per heavy atom. The van der Waals surface area contributed by atoms with Crippen LogP contribution in [0.3, 0.4) is 0 Å². The molecule has 0 unspecified atom stereocenters. The molecule has 0 radical (unpaired) electrons. The molecule has 0 saturated heterocycles. The third-order valence-corrected chi connectivity index (χ3v) is 3.89. The molecule has 1 amide bonds. The molecule has 104 valence electrons. The highest BCUT2D eigenvalue weighted by Crippen LogP contribution is 2.30. The number of rotatable bonds is 3. The van der Waals surface area contributed by atoms with Gasteiger partial charge in [-0.3, -0.25) is 9.48 Å². The fraction of sp³-hybridized carbons (Fsp3) is 0.583. The van der Waals surface area contributed by atoms with Gasteiger partial charge in [0.2, 0.25) is 0 Å². The van der Waals surface area contributed by atoms with Crippen molar-refractivity contribution in [1.29, 1.82) is 0 Å². The zero-order chi connectivity index (χ0) is 14.0. The van der Waals surface area contributed by atoms with E-state index in [0.29, 0.717) is 18.4 Å². The maximum atomic E-state index is 12.3. The number of hydrogen-bond donors (Lipinski definition) is 3. The largest absolute Gasteiger partial charge is 0.409 e. The monoisotopic (exact) mass is 265 g/mol. The van der Waals surface area contributed by atoms with E-state index in [1.807, 2.05) is 6.92 Å². The minimum Gasteiger partial charge on any atom is -0.409 e. The van der Waals surface area contributed by atoms with Crippen molar-refractivity contribution in [2.75, 3.05) is 0 Å². The Bertz CT molecular complexity index is 514. The molecule has 0 spiro atoms. The average Bonchev–Trinajstić information content (AvgIpc) is 2.98. The molecule has 1 aromatic rings. The van der Waals surface area contributed by atoms with Crippen molar-refractivity contribution in [1.82, 2.24) is 15.1 Å². The van der Waals surface area contributed by atoms with Gasteiger partial charge in [0, 0.05) is 12.7 Å². The molecule has 4 N–H and O–H groups in total.